The molecule has 0 aliphatic heterocycles. The molecule has 0 saturated carbocycles. The lowest BCUT2D eigenvalue weighted by atomic mass is 10.0. The molecule has 0 saturated heterocycles. The Labute approximate surface area is 122 Å². The summed E-state index contributed by atoms with van der Waals surface area (Å²) in [7, 11) is 3.29. The average molecular weight is 280 g/mol. The van der Waals surface area contributed by atoms with Gasteiger partial charge in [0.15, 0.2) is 11.5 Å². The second-order valence-electron chi connectivity index (χ2n) is 4.99. The van der Waals surface area contributed by atoms with Crippen LogP contribution in [-0.4, -0.2) is 27.3 Å². The molecule has 0 aliphatic rings. The van der Waals surface area contributed by atoms with Crippen LogP contribution >= 0.6 is 0 Å². The third kappa shape index (κ3) is 4.39. The fourth-order valence-corrected chi connectivity index (χ4v) is 2.29. The highest BCUT2D eigenvalue weighted by molar-refractivity contribution is 5.43. The zero-order chi connectivity index (χ0) is 15.0. The number of hydrogen-bond acceptors (Lipinski definition) is 4. The van der Waals surface area contributed by atoms with E-state index in [4.69, 9.17) is 15.2 Å². The fraction of sp³-hybridized carbons (Fsp3) is 0.625. The Bertz CT molecular complexity index is 392. The Morgan fingerprint density at radius 2 is 1.75 bits per heavy atom. The van der Waals surface area contributed by atoms with Crippen LogP contribution in [0.1, 0.15) is 38.3 Å². The molecule has 0 heterocycles. The molecule has 1 aromatic rings. The van der Waals surface area contributed by atoms with Crippen molar-refractivity contribution < 1.29 is 9.47 Å². The molecule has 0 aromatic heterocycles. The molecule has 1 aromatic carbocycles. The molecule has 1 rings (SSSR count). The van der Waals surface area contributed by atoms with Crippen molar-refractivity contribution in [2.75, 3.05) is 27.3 Å². The molecule has 20 heavy (non-hydrogen) atoms. The van der Waals surface area contributed by atoms with Gasteiger partial charge in [0.2, 0.25) is 0 Å². The maximum atomic E-state index is 5.90. The van der Waals surface area contributed by atoms with Gasteiger partial charge in [0.25, 0.3) is 0 Å². The minimum Gasteiger partial charge on any atom is -0.493 e. The normalized spacial score (nSPS) is 12.5. The van der Waals surface area contributed by atoms with E-state index in [1.807, 2.05) is 18.2 Å². The summed E-state index contributed by atoms with van der Waals surface area (Å²) in [4.78, 5) is 0. The highest BCUT2D eigenvalue weighted by Gasteiger charge is 2.14. The summed E-state index contributed by atoms with van der Waals surface area (Å²) in [6.07, 6.45) is 2.37. The Morgan fingerprint density at radius 3 is 2.25 bits per heavy atom. The second-order valence-corrected chi connectivity index (χ2v) is 4.99. The highest BCUT2D eigenvalue weighted by Crippen LogP contribution is 2.29. The molecule has 114 valence electrons. The Balaban J connectivity index is 2.79. The molecule has 3 N–H and O–H groups in total. The lowest BCUT2D eigenvalue weighted by molar-refractivity contribution is 0.353. The van der Waals surface area contributed by atoms with Gasteiger partial charge in [-0.15, -0.1) is 0 Å². The number of ether oxygens (including phenoxy) is 2. The average Bonchev–Trinajstić information content (AvgIpc) is 2.51. The summed E-state index contributed by atoms with van der Waals surface area (Å²) >= 11 is 0. The zero-order valence-corrected chi connectivity index (χ0v) is 13.1. The number of nitrogens with two attached hydrogens (primary N) is 1. The van der Waals surface area contributed by atoms with Gasteiger partial charge in [0.05, 0.1) is 14.2 Å². The summed E-state index contributed by atoms with van der Waals surface area (Å²) in [6.45, 7) is 6.01. The highest BCUT2D eigenvalue weighted by atomic mass is 16.5. The predicted octanol–water partition coefficient (Wildman–Crippen LogP) is 2.73. The van der Waals surface area contributed by atoms with Gasteiger partial charge in [-0.05, 0) is 30.2 Å². The van der Waals surface area contributed by atoms with E-state index in [1.54, 1.807) is 14.2 Å². The standard InChI is InChI=1S/C16H28N2O2/c1-5-12(6-2)11-18-14(10-17)13-7-8-15(19-3)16(9-13)20-4/h7-9,12,14,18H,5-6,10-11,17H2,1-4H3. The maximum Gasteiger partial charge on any atom is 0.161 e. The lowest BCUT2D eigenvalue weighted by Gasteiger charge is -2.22. The van der Waals surface area contributed by atoms with E-state index in [0.29, 0.717) is 12.5 Å². The van der Waals surface area contributed by atoms with Crippen molar-refractivity contribution in [1.82, 2.24) is 5.32 Å². The molecule has 0 bridgehead atoms. The number of nitrogens with one attached hydrogen (secondary N) is 1. The van der Waals surface area contributed by atoms with Crippen LogP contribution in [0.2, 0.25) is 0 Å². The van der Waals surface area contributed by atoms with E-state index < -0.39 is 0 Å². The van der Waals surface area contributed by atoms with Crippen molar-refractivity contribution in [2.24, 2.45) is 11.7 Å². The van der Waals surface area contributed by atoms with Crippen LogP contribution in [0.25, 0.3) is 0 Å². The van der Waals surface area contributed by atoms with Gasteiger partial charge in [-0.25, -0.2) is 0 Å². The van der Waals surface area contributed by atoms with Gasteiger partial charge in [-0.2, -0.15) is 0 Å². The predicted molar refractivity (Wildman–Crippen MR) is 83.4 cm³/mol. The molecular weight excluding hydrogens is 252 g/mol. The Kier molecular flexibility index (Phi) is 7.41. The van der Waals surface area contributed by atoms with Gasteiger partial charge in [-0.3, -0.25) is 0 Å². The minimum absolute atomic E-state index is 0.149. The summed E-state index contributed by atoms with van der Waals surface area (Å²) in [6, 6.07) is 6.11. The van der Waals surface area contributed by atoms with Gasteiger partial charge < -0.3 is 20.5 Å². The molecular formula is C16H28N2O2. The van der Waals surface area contributed by atoms with E-state index >= 15 is 0 Å². The second kappa shape index (κ2) is 8.82. The Hall–Kier alpha value is -1.26. The molecule has 0 fully saturated rings. The quantitative estimate of drug-likeness (QED) is 0.730. The number of rotatable bonds is 9. The fourth-order valence-electron chi connectivity index (χ4n) is 2.29. The smallest absolute Gasteiger partial charge is 0.161 e. The van der Waals surface area contributed by atoms with Crippen LogP contribution in [0.4, 0.5) is 0 Å². The van der Waals surface area contributed by atoms with E-state index in [2.05, 4.69) is 19.2 Å². The summed E-state index contributed by atoms with van der Waals surface area (Å²) in [5.74, 6) is 2.18. The SMILES string of the molecule is CCC(CC)CNC(CN)c1ccc(OC)c(OC)c1. The number of methoxy groups -OCH3 is 2. The van der Waals surface area contributed by atoms with Crippen LogP contribution < -0.4 is 20.5 Å². The molecule has 1 atom stereocenters. The van der Waals surface area contributed by atoms with Crippen molar-refractivity contribution in [3.8, 4) is 11.5 Å². The van der Waals surface area contributed by atoms with Crippen molar-refractivity contribution >= 4 is 0 Å². The van der Waals surface area contributed by atoms with Gasteiger partial charge in [0.1, 0.15) is 0 Å². The third-order valence-electron chi connectivity index (χ3n) is 3.85. The van der Waals surface area contributed by atoms with Crippen molar-refractivity contribution in [2.45, 2.75) is 32.7 Å². The first-order valence-electron chi connectivity index (χ1n) is 7.35. The summed E-state index contributed by atoms with van der Waals surface area (Å²) < 4.78 is 10.6. The van der Waals surface area contributed by atoms with Gasteiger partial charge >= 0.3 is 0 Å². The van der Waals surface area contributed by atoms with E-state index in [9.17, 15) is 0 Å². The van der Waals surface area contributed by atoms with Crippen LogP contribution in [0.3, 0.4) is 0 Å². The lowest BCUT2D eigenvalue weighted by Crippen LogP contribution is -2.32. The van der Waals surface area contributed by atoms with Crippen molar-refractivity contribution in [3.05, 3.63) is 23.8 Å². The maximum absolute atomic E-state index is 5.90. The molecule has 1 unspecified atom stereocenters. The van der Waals surface area contributed by atoms with Crippen LogP contribution in [0, 0.1) is 5.92 Å². The van der Waals surface area contributed by atoms with Gasteiger partial charge in [-0.1, -0.05) is 32.8 Å². The molecule has 0 spiro atoms. The zero-order valence-electron chi connectivity index (χ0n) is 13.1. The molecule has 0 aliphatic carbocycles. The van der Waals surface area contributed by atoms with E-state index in [1.165, 1.54) is 12.8 Å². The van der Waals surface area contributed by atoms with E-state index in [-0.39, 0.29) is 6.04 Å². The van der Waals surface area contributed by atoms with Crippen LogP contribution in [-0.2, 0) is 0 Å². The molecule has 0 radical (unpaired) electrons. The summed E-state index contributed by atoms with van der Waals surface area (Å²) in [5.41, 5.74) is 7.04. The number of benzene rings is 1. The van der Waals surface area contributed by atoms with E-state index in [0.717, 1.165) is 23.6 Å². The third-order valence-corrected chi connectivity index (χ3v) is 3.85. The Morgan fingerprint density at radius 1 is 1.10 bits per heavy atom. The largest absolute Gasteiger partial charge is 0.493 e. The van der Waals surface area contributed by atoms with Crippen molar-refractivity contribution in [3.63, 3.8) is 0 Å². The molecule has 0 amide bonds. The molecule has 4 heteroatoms. The van der Waals surface area contributed by atoms with Crippen LogP contribution in [0.15, 0.2) is 18.2 Å². The molecule has 4 nitrogen and oxygen atoms in total. The summed E-state index contributed by atoms with van der Waals surface area (Å²) in [5, 5.41) is 3.56. The van der Waals surface area contributed by atoms with Crippen LogP contribution in [0.5, 0.6) is 11.5 Å². The van der Waals surface area contributed by atoms with Gasteiger partial charge in [0, 0.05) is 12.6 Å². The monoisotopic (exact) mass is 280 g/mol. The first kappa shape index (κ1) is 16.8. The minimum atomic E-state index is 0.149. The van der Waals surface area contributed by atoms with Crippen molar-refractivity contribution in [1.29, 1.82) is 0 Å². The first-order chi connectivity index (χ1) is 9.69. The first-order valence-corrected chi connectivity index (χ1v) is 7.35. The number of hydrogen-bond donors (Lipinski definition) is 2. The topological polar surface area (TPSA) is 56.5 Å².